The first-order valence-electron chi connectivity index (χ1n) is 5.19. The number of hydrogen-bond acceptors (Lipinski definition) is 3. The Bertz CT molecular complexity index is 260. The quantitative estimate of drug-likeness (QED) is 0.724. The molecule has 2 heterocycles. The predicted molar refractivity (Wildman–Crippen MR) is 55.9 cm³/mol. The van der Waals surface area contributed by atoms with Crippen LogP contribution >= 0.6 is 0 Å². The maximum atomic E-state index is 4.03. The van der Waals surface area contributed by atoms with Gasteiger partial charge >= 0.3 is 0 Å². The van der Waals surface area contributed by atoms with Gasteiger partial charge in [0.2, 0.25) is 0 Å². The zero-order chi connectivity index (χ0) is 9.97. The van der Waals surface area contributed by atoms with Crippen molar-refractivity contribution in [2.45, 2.75) is 32.5 Å². The molecule has 0 aliphatic carbocycles. The Balaban J connectivity index is 1.91. The van der Waals surface area contributed by atoms with Gasteiger partial charge in [-0.05, 0) is 13.8 Å². The fraction of sp³-hybridized carbons (Fsp3) is 0.700. The molecule has 0 amide bonds. The Labute approximate surface area is 84.7 Å². The molecule has 0 spiro atoms. The largest absolute Gasteiger partial charge is 0.347 e. The molecule has 1 aromatic rings. The van der Waals surface area contributed by atoms with E-state index in [9.17, 15) is 0 Å². The van der Waals surface area contributed by atoms with Crippen LogP contribution < -0.4 is 5.32 Å². The van der Waals surface area contributed by atoms with Gasteiger partial charge in [0.1, 0.15) is 0 Å². The standard InChI is InChI=1S/C10H18N4/c1-8-4-14(5-9(2)13-8)6-10-3-11-7-12-10/h3,7-9,13H,4-6H2,1-2H3,(H,11,12). The number of nitrogens with one attached hydrogen (secondary N) is 2. The number of aromatic nitrogens is 2. The van der Waals surface area contributed by atoms with E-state index in [1.54, 1.807) is 6.33 Å². The maximum absolute atomic E-state index is 4.03. The van der Waals surface area contributed by atoms with E-state index in [0.29, 0.717) is 12.1 Å². The second-order valence-corrected chi connectivity index (χ2v) is 4.24. The van der Waals surface area contributed by atoms with E-state index in [0.717, 1.165) is 19.6 Å². The molecule has 1 aliphatic rings. The lowest BCUT2D eigenvalue weighted by Crippen LogP contribution is -2.53. The van der Waals surface area contributed by atoms with E-state index in [4.69, 9.17) is 0 Å². The number of rotatable bonds is 2. The van der Waals surface area contributed by atoms with Crippen LogP contribution in [0.3, 0.4) is 0 Å². The van der Waals surface area contributed by atoms with Crippen LogP contribution in [-0.2, 0) is 6.54 Å². The first-order valence-corrected chi connectivity index (χ1v) is 5.19. The summed E-state index contributed by atoms with van der Waals surface area (Å²) in [5.74, 6) is 0. The van der Waals surface area contributed by atoms with Gasteiger partial charge < -0.3 is 10.3 Å². The minimum Gasteiger partial charge on any atom is -0.347 e. The third-order valence-corrected chi connectivity index (χ3v) is 2.58. The second-order valence-electron chi connectivity index (χ2n) is 4.24. The van der Waals surface area contributed by atoms with Crippen LogP contribution in [0.25, 0.3) is 0 Å². The van der Waals surface area contributed by atoms with Crippen LogP contribution in [-0.4, -0.2) is 40.0 Å². The Morgan fingerprint density at radius 1 is 1.43 bits per heavy atom. The molecule has 2 N–H and O–H groups in total. The molecule has 78 valence electrons. The molecule has 1 aliphatic heterocycles. The van der Waals surface area contributed by atoms with Crippen LogP contribution in [0.2, 0.25) is 0 Å². The molecular formula is C10H18N4. The zero-order valence-corrected chi connectivity index (χ0v) is 8.83. The van der Waals surface area contributed by atoms with Gasteiger partial charge in [0, 0.05) is 43.6 Å². The van der Waals surface area contributed by atoms with Gasteiger partial charge in [-0.25, -0.2) is 4.98 Å². The molecule has 4 heteroatoms. The zero-order valence-electron chi connectivity index (χ0n) is 8.83. The van der Waals surface area contributed by atoms with Crippen LogP contribution in [0, 0.1) is 0 Å². The van der Waals surface area contributed by atoms with Crippen molar-refractivity contribution in [3.05, 3.63) is 18.2 Å². The monoisotopic (exact) mass is 194 g/mol. The average Bonchev–Trinajstić information content (AvgIpc) is 2.54. The molecule has 0 saturated carbocycles. The SMILES string of the molecule is CC1CN(Cc2cnc[nH]2)CC(C)N1. The summed E-state index contributed by atoms with van der Waals surface area (Å²) < 4.78 is 0. The summed E-state index contributed by atoms with van der Waals surface area (Å²) in [4.78, 5) is 9.63. The molecule has 1 aromatic heterocycles. The van der Waals surface area contributed by atoms with Crippen LogP contribution in [0.1, 0.15) is 19.5 Å². The molecule has 2 unspecified atom stereocenters. The smallest absolute Gasteiger partial charge is 0.0922 e. The average molecular weight is 194 g/mol. The molecule has 0 bridgehead atoms. The Kier molecular flexibility index (Phi) is 2.84. The molecule has 2 atom stereocenters. The number of H-pyrrole nitrogens is 1. The maximum Gasteiger partial charge on any atom is 0.0922 e. The normalized spacial score (nSPS) is 29.3. The van der Waals surface area contributed by atoms with Crippen molar-refractivity contribution in [2.24, 2.45) is 0 Å². The van der Waals surface area contributed by atoms with Crippen molar-refractivity contribution in [2.75, 3.05) is 13.1 Å². The second kappa shape index (κ2) is 4.11. The van der Waals surface area contributed by atoms with E-state index < -0.39 is 0 Å². The molecule has 4 nitrogen and oxygen atoms in total. The van der Waals surface area contributed by atoms with Crippen molar-refractivity contribution in [1.29, 1.82) is 0 Å². The summed E-state index contributed by atoms with van der Waals surface area (Å²) in [5, 5.41) is 3.52. The Morgan fingerprint density at radius 3 is 2.71 bits per heavy atom. The molecular weight excluding hydrogens is 176 g/mol. The molecule has 14 heavy (non-hydrogen) atoms. The van der Waals surface area contributed by atoms with Crippen molar-refractivity contribution < 1.29 is 0 Å². The molecule has 0 radical (unpaired) electrons. The van der Waals surface area contributed by atoms with E-state index in [1.807, 2.05) is 6.20 Å². The number of piperazine rings is 1. The van der Waals surface area contributed by atoms with E-state index in [-0.39, 0.29) is 0 Å². The van der Waals surface area contributed by atoms with Gasteiger partial charge in [0.15, 0.2) is 0 Å². The molecule has 1 saturated heterocycles. The summed E-state index contributed by atoms with van der Waals surface area (Å²) >= 11 is 0. The first-order chi connectivity index (χ1) is 6.74. The van der Waals surface area contributed by atoms with Crippen LogP contribution in [0.4, 0.5) is 0 Å². The lowest BCUT2D eigenvalue weighted by atomic mass is 10.1. The number of nitrogens with zero attached hydrogens (tertiary/aromatic N) is 2. The van der Waals surface area contributed by atoms with Crippen molar-refractivity contribution in [3.8, 4) is 0 Å². The van der Waals surface area contributed by atoms with E-state index >= 15 is 0 Å². The summed E-state index contributed by atoms with van der Waals surface area (Å²) in [7, 11) is 0. The fourth-order valence-corrected chi connectivity index (χ4v) is 2.18. The summed E-state index contributed by atoms with van der Waals surface area (Å²) in [5.41, 5.74) is 1.20. The fourth-order valence-electron chi connectivity index (χ4n) is 2.18. The minimum absolute atomic E-state index is 0.585. The minimum atomic E-state index is 0.585. The lowest BCUT2D eigenvalue weighted by molar-refractivity contribution is 0.165. The van der Waals surface area contributed by atoms with Crippen LogP contribution in [0.5, 0.6) is 0 Å². The number of hydrogen-bond donors (Lipinski definition) is 2. The third-order valence-electron chi connectivity index (χ3n) is 2.58. The van der Waals surface area contributed by atoms with E-state index in [1.165, 1.54) is 5.69 Å². The van der Waals surface area contributed by atoms with Crippen LogP contribution in [0.15, 0.2) is 12.5 Å². The predicted octanol–water partition coefficient (Wildman–Crippen LogP) is 0.592. The summed E-state index contributed by atoms with van der Waals surface area (Å²) in [6.45, 7) is 7.67. The van der Waals surface area contributed by atoms with Crippen molar-refractivity contribution >= 4 is 0 Å². The highest BCUT2D eigenvalue weighted by atomic mass is 15.2. The van der Waals surface area contributed by atoms with Gasteiger partial charge in [-0.1, -0.05) is 0 Å². The van der Waals surface area contributed by atoms with Gasteiger partial charge in [0.05, 0.1) is 6.33 Å². The highest BCUT2D eigenvalue weighted by molar-refractivity contribution is 4.95. The third kappa shape index (κ3) is 2.33. The molecule has 0 aromatic carbocycles. The summed E-state index contributed by atoms with van der Waals surface area (Å²) in [6, 6.07) is 1.17. The van der Waals surface area contributed by atoms with Gasteiger partial charge in [0.25, 0.3) is 0 Å². The summed E-state index contributed by atoms with van der Waals surface area (Å²) in [6.07, 6.45) is 3.64. The van der Waals surface area contributed by atoms with E-state index in [2.05, 4.69) is 34.0 Å². The number of imidazole rings is 1. The highest BCUT2D eigenvalue weighted by Gasteiger charge is 2.20. The highest BCUT2D eigenvalue weighted by Crippen LogP contribution is 2.07. The first kappa shape index (κ1) is 9.68. The lowest BCUT2D eigenvalue weighted by Gasteiger charge is -2.35. The van der Waals surface area contributed by atoms with Crippen molar-refractivity contribution in [1.82, 2.24) is 20.2 Å². The molecule has 2 rings (SSSR count). The topological polar surface area (TPSA) is 44.0 Å². The number of aromatic amines is 1. The Morgan fingerprint density at radius 2 is 2.14 bits per heavy atom. The van der Waals surface area contributed by atoms with Gasteiger partial charge in [-0.2, -0.15) is 0 Å². The Hall–Kier alpha value is -0.870. The molecule has 1 fully saturated rings. The van der Waals surface area contributed by atoms with Gasteiger partial charge in [-0.3, -0.25) is 4.90 Å². The van der Waals surface area contributed by atoms with Crippen molar-refractivity contribution in [3.63, 3.8) is 0 Å². The van der Waals surface area contributed by atoms with Gasteiger partial charge in [-0.15, -0.1) is 0 Å².